The molecule has 0 spiro atoms. The maximum atomic E-state index is 11.3. The molecule has 0 aliphatic carbocycles. The number of nitrogens with two attached hydrogens (primary N) is 1. The van der Waals surface area contributed by atoms with Gasteiger partial charge in [0.2, 0.25) is 0 Å². The summed E-state index contributed by atoms with van der Waals surface area (Å²) in [5.74, 6) is 0.637. The number of hydrogen-bond donors (Lipinski definition) is 1. The minimum absolute atomic E-state index is 0.146. The van der Waals surface area contributed by atoms with E-state index in [0.717, 1.165) is 0 Å². The van der Waals surface area contributed by atoms with Crippen LogP contribution in [0.5, 0.6) is 0 Å². The van der Waals surface area contributed by atoms with Crippen molar-refractivity contribution in [1.29, 1.82) is 0 Å². The van der Waals surface area contributed by atoms with Gasteiger partial charge >= 0.3 is 0 Å². The van der Waals surface area contributed by atoms with E-state index in [1.165, 1.54) is 0 Å². The lowest BCUT2D eigenvalue weighted by Gasteiger charge is -2.22. The number of ether oxygens (including phenoxy) is 1. The second-order valence-corrected chi connectivity index (χ2v) is 5.94. The van der Waals surface area contributed by atoms with Crippen molar-refractivity contribution in [2.24, 2.45) is 17.1 Å². The Morgan fingerprint density at radius 1 is 1.58 bits per heavy atom. The fraction of sp³-hybridized carbons (Fsp3) is 1.00. The molecular formula is C7H13NO3S. The van der Waals surface area contributed by atoms with Gasteiger partial charge in [0.1, 0.15) is 0 Å². The summed E-state index contributed by atoms with van der Waals surface area (Å²) in [7, 11) is -2.84. The monoisotopic (exact) mass is 191 g/mol. The van der Waals surface area contributed by atoms with Crippen molar-refractivity contribution in [3.8, 4) is 0 Å². The number of fused-ring (bicyclic) bond motifs is 1. The van der Waals surface area contributed by atoms with Crippen molar-refractivity contribution in [2.45, 2.75) is 0 Å². The third-order valence-corrected chi connectivity index (χ3v) is 4.87. The fourth-order valence-electron chi connectivity index (χ4n) is 2.17. The lowest BCUT2D eigenvalue weighted by molar-refractivity contribution is 0.163. The highest BCUT2D eigenvalue weighted by molar-refractivity contribution is 7.91. The largest absolute Gasteiger partial charge is 0.380 e. The molecule has 12 heavy (non-hydrogen) atoms. The Balaban J connectivity index is 2.32. The summed E-state index contributed by atoms with van der Waals surface area (Å²) in [6, 6.07) is 0. The summed E-state index contributed by atoms with van der Waals surface area (Å²) in [4.78, 5) is 0. The topological polar surface area (TPSA) is 69.4 Å². The lowest BCUT2D eigenvalue weighted by atomic mass is 9.81. The molecule has 0 amide bonds. The average Bonchev–Trinajstić information content (AvgIpc) is 2.40. The van der Waals surface area contributed by atoms with Gasteiger partial charge in [0.15, 0.2) is 9.84 Å². The molecule has 2 N–H and O–H groups in total. The van der Waals surface area contributed by atoms with E-state index in [4.69, 9.17) is 10.5 Å². The Kier molecular flexibility index (Phi) is 1.72. The Labute approximate surface area is 72.0 Å². The predicted molar refractivity (Wildman–Crippen MR) is 44.5 cm³/mol. The second kappa shape index (κ2) is 2.43. The average molecular weight is 191 g/mol. The van der Waals surface area contributed by atoms with E-state index < -0.39 is 9.84 Å². The summed E-state index contributed by atoms with van der Waals surface area (Å²) in [6.07, 6.45) is 0. The van der Waals surface area contributed by atoms with E-state index in [0.29, 0.717) is 19.8 Å². The van der Waals surface area contributed by atoms with Gasteiger partial charge < -0.3 is 10.5 Å². The van der Waals surface area contributed by atoms with E-state index in [-0.39, 0.29) is 22.8 Å². The molecule has 0 aromatic carbocycles. The molecule has 5 heteroatoms. The van der Waals surface area contributed by atoms with Crippen molar-refractivity contribution < 1.29 is 13.2 Å². The molecule has 2 saturated heterocycles. The Morgan fingerprint density at radius 2 is 2.33 bits per heavy atom. The van der Waals surface area contributed by atoms with Gasteiger partial charge in [0, 0.05) is 17.9 Å². The number of sulfone groups is 1. The molecule has 4 nitrogen and oxygen atoms in total. The van der Waals surface area contributed by atoms with Crippen molar-refractivity contribution in [1.82, 2.24) is 0 Å². The van der Waals surface area contributed by atoms with E-state index >= 15 is 0 Å². The fourth-order valence-corrected chi connectivity index (χ4v) is 4.66. The van der Waals surface area contributed by atoms with Crippen LogP contribution in [-0.4, -0.2) is 39.7 Å². The van der Waals surface area contributed by atoms with E-state index in [9.17, 15) is 8.42 Å². The first-order valence-electron chi connectivity index (χ1n) is 4.06. The number of rotatable bonds is 1. The smallest absolute Gasteiger partial charge is 0.151 e. The van der Waals surface area contributed by atoms with Crippen LogP contribution < -0.4 is 5.73 Å². The first-order valence-corrected chi connectivity index (χ1v) is 5.88. The zero-order chi connectivity index (χ0) is 8.82. The molecule has 0 aromatic heterocycles. The summed E-state index contributed by atoms with van der Waals surface area (Å²) in [6.45, 7) is 1.51. The molecule has 2 aliphatic heterocycles. The van der Waals surface area contributed by atoms with Crippen LogP contribution in [0.4, 0.5) is 0 Å². The van der Waals surface area contributed by atoms with Gasteiger partial charge in [-0.1, -0.05) is 0 Å². The van der Waals surface area contributed by atoms with Gasteiger partial charge in [-0.15, -0.1) is 0 Å². The maximum absolute atomic E-state index is 11.3. The predicted octanol–water partition coefficient (Wildman–Crippen LogP) is -0.994. The molecule has 2 rings (SSSR count). The van der Waals surface area contributed by atoms with Crippen LogP contribution in [0.3, 0.4) is 0 Å². The highest BCUT2D eigenvalue weighted by Gasteiger charge is 2.52. The minimum atomic E-state index is -2.84. The molecular weight excluding hydrogens is 178 g/mol. The van der Waals surface area contributed by atoms with Gasteiger partial charge in [-0.3, -0.25) is 0 Å². The van der Waals surface area contributed by atoms with Gasteiger partial charge in [-0.2, -0.15) is 0 Å². The second-order valence-electron chi connectivity index (χ2n) is 3.83. The van der Waals surface area contributed by atoms with E-state index in [1.54, 1.807) is 0 Å². The molecule has 0 radical (unpaired) electrons. The Morgan fingerprint density at radius 3 is 2.92 bits per heavy atom. The summed E-state index contributed by atoms with van der Waals surface area (Å²) >= 11 is 0. The molecule has 2 heterocycles. The highest BCUT2D eigenvalue weighted by Crippen LogP contribution is 2.41. The van der Waals surface area contributed by atoms with Crippen molar-refractivity contribution in [3.63, 3.8) is 0 Å². The van der Waals surface area contributed by atoms with Gasteiger partial charge in [-0.25, -0.2) is 8.42 Å². The van der Waals surface area contributed by atoms with Crippen LogP contribution in [0.15, 0.2) is 0 Å². The zero-order valence-electron chi connectivity index (χ0n) is 6.82. The normalized spacial score (nSPS) is 44.6. The SMILES string of the molecule is NC[C@@]12COC[C@H]1CS(=O)(=O)C2. The first-order chi connectivity index (χ1) is 5.58. The molecule has 0 unspecified atom stereocenters. The minimum Gasteiger partial charge on any atom is -0.380 e. The standard InChI is InChI=1S/C7H13NO3S/c8-3-7-4-11-1-6(7)2-12(9,10)5-7/h6H,1-5,8H2/t6-,7-/m0/s1. The van der Waals surface area contributed by atoms with Gasteiger partial charge in [-0.05, 0) is 0 Å². The van der Waals surface area contributed by atoms with Gasteiger partial charge in [0.05, 0.1) is 24.7 Å². The Hall–Kier alpha value is -0.130. The van der Waals surface area contributed by atoms with Crippen LogP contribution >= 0.6 is 0 Å². The maximum Gasteiger partial charge on any atom is 0.151 e. The summed E-state index contributed by atoms with van der Waals surface area (Å²) in [5.41, 5.74) is 5.34. The summed E-state index contributed by atoms with van der Waals surface area (Å²) in [5, 5.41) is 0. The van der Waals surface area contributed by atoms with E-state index in [1.807, 2.05) is 0 Å². The van der Waals surface area contributed by atoms with Crippen molar-refractivity contribution >= 4 is 9.84 Å². The summed E-state index contributed by atoms with van der Waals surface area (Å²) < 4.78 is 27.8. The molecule has 2 fully saturated rings. The highest BCUT2D eigenvalue weighted by atomic mass is 32.2. The van der Waals surface area contributed by atoms with Crippen molar-refractivity contribution in [2.75, 3.05) is 31.3 Å². The first kappa shape index (κ1) is 8.47. The third kappa shape index (κ3) is 1.08. The molecule has 0 aromatic rings. The molecule has 70 valence electrons. The van der Waals surface area contributed by atoms with Gasteiger partial charge in [0.25, 0.3) is 0 Å². The third-order valence-electron chi connectivity index (χ3n) is 2.94. The molecule has 0 saturated carbocycles. The van der Waals surface area contributed by atoms with Crippen LogP contribution in [0.25, 0.3) is 0 Å². The number of hydrogen-bond acceptors (Lipinski definition) is 4. The molecule has 0 bridgehead atoms. The lowest BCUT2D eigenvalue weighted by Crippen LogP contribution is -2.37. The zero-order valence-corrected chi connectivity index (χ0v) is 7.64. The van der Waals surface area contributed by atoms with Crippen LogP contribution in [0.2, 0.25) is 0 Å². The molecule has 2 aliphatic rings. The van der Waals surface area contributed by atoms with Crippen LogP contribution in [0, 0.1) is 11.3 Å². The van der Waals surface area contributed by atoms with Crippen LogP contribution in [-0.2, 0) is 14.6 Å². The van der Waals surface area contributed by atoms with Crippen molar-refractivity contribution in [3.05, 3.63) is 0 Å². The Bertz CT molecular complexity index is 287. The van der Waals surface area contributed by atoms with Crippen LogP contribution in [0.1, 0.15) is 0 Å². The molecule has 2 atom stereocenters. The van der Waals surface area contributed by atoms with E-state index in [2.05, 4.69) is 0 Å². The quantitative estimate of drug-likeness (QED) is 0.577.